The van der Waals surface area contributed by atoms with Gasteiger partial charge in [0.2, 0.25) is 0 Å². The fourth-order valence-electron chi connectivity index (χ4n) is 5.14. The van der Waals surface area contributed by atoms with Crippen LogP contribution in [-0.4, -0.2) is 56.0 Å². The maximum Gasteiger partial charge on any atom is 0.168 e. The topological polar surface area (TPSA) is 83.6 Å². The van der Waals surface area contributed by atoms with Gasteiger partial charge in [0.1, 0.15) is 34.6 Å². The number of methoxy groups -OCH3 is 1. The maximum atomic E-state index is 15.6. The summed E-state index contributed by atoms with van der Waals surface area (Å²) in [5.41, 5.74) is 4.82. The van der Waals surface area contributed by atoms with E-state index >= 15 is 4.39 Å². The number of β-amino-alcohol motifs (C(OH)–C–C–N with tert-alkyl or cyclic N) is 1. The van der Waals surface area contributed by atoms with Crippen molar-refractivity contribution in [3.8, 4) is 39.6 Å². The normalized spacial score (nSPS) is 15.8. The summed E-state index contributed by atoms with van der Waals surface area (Å²) in [5, 5.41) is 21.1. The SMILES string of the molecule is COc1ccc(-n2cnc3cnc(-c4ccc(-c5ccccc5CN5CC[C@@H](O)C5)cc4F)c(O)c32)cc1. The summed E-state index contributed by atoms with van der Waals surface area (Å²) < 4.78 is 22.6. The molecular formula is C30H27FN4O3. The van der Waals surface area contributed by atoms with Crippen molar-refractivity contribution >= 4 is 11.0 Å². The Hall–Kier alpha value is -4.27. The lowest BCUT2D eigenvalue weighted by Gasteiger charge is -2.18. The van der Waals surface area contributed by atoms with Crippen LogP contribution in [-0.2, 0) is 6.54 Å². The summed E-state index contributed by atoms with van der Waals surface area (Å²) >= 11 is 0. The van der Waals surface area contributed by atoms with Crippen LogP contribution in [0.5, 0.6) is 11.5 Å². The Kier molecular flexibility index (Phi) is 6.27. The molecule has 1 aliphatic rings. The van der Waals surface area contributed by atoms with Gasteiger partial charge in [0, 0.05) is 30.9 Å². The van der Waals surface area contributed by atoms with Crippen LogP contribution in [0.15, 0.2) is 79.3 Å². The highest BCUT2D eigenvalue weighted by Crippen LogP contribution is 2.37. The molecule has 7 nitrogen and oxygen atoms in total. The molecule has 0 amide bonds. The lowest BCUT2D eigenvalue weighted by molar-refractivity contribution is 0.175. The Morgan fingerprint density at radius 3 is 2.58 bits per heavy atom. The summed E-state index contributed by atoms with van der Waals surface area (Å²) in [4.78, 5) is 10.9. The highest BCUT2D eigenvalue weighted by Gasteiger charge is 2.22. The van der Waals surface area contributed by atoms with Gasteiger partial charge in [-0.2, -0.15) is 0 Å². The zero-order chi connectivity index (χ0) is 26.2. The molecule has 1 fully saturated rings. The number of aliphatic hydroxyl groups excluding tert-OH is 1. The molecule has 5 aromatic rings. The van der Waals surface area contributed by atoms with Crippen LogP contribution >= 0.6 is 0 Å². The van der Waals surface area contributed by atoms with Crippen LogP contribution in [0.25, 0.3) is 39.1 Å². The van der Waals surface area contributed by atoms with Crippen molar-refractivity contribution in [2.45, 2.75) is 19.1 Å². The van der Waals surface area contributed by atoms with Crippen LogP contribution in [0.3, 0.4) is 0 Å². The summed E-state index contributed by atoms with van der Waals surface area (Å²) in [6, 6.07) is 20.3. The minimum Gasteiger partial charge on any atom is -0.504 e. The minimum atomic E-state index is -0.480. The fourth-order valence-corrected chi connectivity index (χ4v) is 5.14. The van der Waals surface area contributed by atoms with Gasteiger partial charge in [-0.1, -0.05) is 30.3 Å². The molecule has 2 N–H and O–H groups in total. The first-order chi connectivity index (χ1) is 18.5. The molecule has 1 saturated heterocycles. The van der Waals surface area contributed by atoms with Gasteiger partial charge in [-0.25, -0.2) is 14.4 Å². The second kappa shape index (κ2) is 9.89. The van der Waals surface area contributed by atoms with Gasteiger partial charge in [-0.15, -0.1) is 0 Å². The van der Waals surface area contributed by atoms with Crippen molar-refractivity contribution < 1.29 is 19.3 Å². The molecule has 6 rings (SSSR count). The van der Waals surface area contributed by atoms with Gasteiger partial charge in [0.25, 0.3) is 0 Å². The van der Waals surface area contributed by atoms with Crippen molar-refractivity contribution in [1.82, 2.24) is 19.4 Å². The largest absolute Gasteiger partial charge is 0.504 e. The van der Waals surface area contributed by atoms with Gasteiger partial charge in [0.15, 0.2) is 5.75 Å². The number of benzene rings is 3. The van der Waals surface area contributed by atoms with Gasteiger partial charge >= 0.3 is 0 Å². The molecule has 3 aromatic carbocycles. The molecule has 3 heterocycles. The summed E-state index contributed by atoms with van der Waals surface area (Å²) in [6.07, 6.45) is 3.62. The molecule has 1 atom stereocenters. The number of aliphatic hydroxyl groups is 1. The van der Waals surface area contributed by atoms with Crippen molar-refractivity contribution in [3.63, 3.8) is 0 Å². The van der Waals surface area contributed by atoms with Crippen LogP contribution < -0.4 is 4.74 Å². The zero-order valence-corrected chi connectivity index (χ0v) is 20.9. The number of aromatic hydroxyl groups is 1. The number of pyridine rings is 1. The first-order valence-electron chi connectivity index (χ1n) is 12.5. The van der Waals surface area contributed by atoms with Gasteiger partial charge in [-0.3, -0.25) is 9.47 Å². The molecule has 2 aromatic heterocycles. The fraction of sp³-hybridized carbons (Fsp3) is 0.200. The molecule has 1 aliphatic heterocycles. The number of ether oxygens (including phenoxy) is 1. The number of rotatable bonds is 6. The third kappa shape index (κ3) is 4.38. The monoisotopic (exact) mass is 510 g/mol. The van der Waals surface area contributed by atoms with Crippen molar-refractivity contribution in [1.29, 1.82) is 0 Å². The second-order valence-corrected chi connectivity index (χ2v) is 9.53. The Labute approximate surface area is 219 Å². The number of hydrogen-bond acceptors (Lipinski definition) is 6. The van der Waals surface area contributed by atoms with Crippen LogP contribution in [0, 0.1) is 5.82 Å². The molecule has 0 unspecified atom stereocenters. The van der Waals surface area contributed by atoms with Crippen LogP contribution in [0.4, 0.5) is 4.39 Å². The van der Waals surface area contributed by atoms with Crippen LogP contribution in [0.2, 0.25) is 0 Å². The number of aromatic nitrogens is 3. The lowest BCUT2D eigenvalue weighted by Crippen LogP contribution is -2.21. The van der Waals surface area contributed by atoms with E-state index < -0.39 is 5.82 Å². The van der Waals surface area contributed by atoms with E-state index in [1.165, 1.54) is 12.3 Å². The van der Waals surface area contributed by atoms with Crippen LogP contribution in [0.1, 0.15) is 12.0 Å². The highest BCUT2D eigenvalue weighted by molar-refractivity contribution is 5.89. The average Bonchev–Trinajstić information content (AvgIpc) is 3.56. The number of nitrogens with zero attached hydrogens (tertiary/aromatic N) is 4. The number of halogens is 1. The maximum absolute atomic E-state index is 15.6. The predicted molar refractivity (Wildman–Crippen MR) is 144 cm³/mol. The Bertz CT molecular complexity index is 1620. The molecule has 0 saturated carbocycles. The van der Waals surface area contributed by atoms with Crippen molar-refractivity contribution in [3.05, 3.63) is 90.6 Å². The standard InChI is InChI=1S/C30H27FN4O3/c1-38-23-9-7-21(8-10-23)35-18-33-27-15-32-28(30(37)29(27)35)25-11-6-19(14-26(25)31)24-5-3-2-4-20(24)16-34-13-12-22(36)17-34/h2-11,14-15,18,22,36-37H,12-13,16-17H2,1H3/t22-/m1/s1. The Morgan fingerprint density at radius 1 is 1.03 bits per heavy atom. The molecule has 8 heteroatoms. The summed E-state index contributed by atoms with van der Waals surface area (Å²) in [6.45, 7) is 2.16. The molecule has 0 aliphatic carbocycles. The number of hydrogen-bond donors (Lipinski definition) is 2. The van der Waals surface area contributed by atoms with E-state index in [1.807, 2.05) is 54.6 Å². The first kappa shape index (κ1) is 24.1. The van der Waals surface area contributed by atoms with E-state index in [-0.39, 0.29) is 23.1 Å². The Morgan fingerprint density at radius 2 is 1.84 bits per heavy atom. The molecule has 0 radical (unpaired) electrons. The molecular weight excluding hydrogens is 483 g/mol. The summed E-state index contributed by atoms with van der Waals surface area (Å²) in [7, 11) is 1.60. The van der Waals surface area contributed by atoms with E-state index in [1.54, 1.807) is 24.1 Å². The van der Waals surface area contributed by atoms with Gasteiger partial charge < -0.3 is 14.9 Å². The number of likely N-dealkylation sites (tertiary alicyclic amines) is 1. The predicted octanol–water partition coefficient (Wildman–Crippen LogP) is 5.17. The number of fused-ring (bicyclic) bond motifs is 1. The third-order valence-corrected chi connectivity index (χ3v) is 7.10. The van der Waals surface area contributed by atoms with Crippen molar-refractivity contribution in [2.75, 3.05) is 20.2 Å². The van der Waals surface area contributed by atoms with E-state index in [4.69, 9.17) is 4.74 Å². The Balaban J connectivity index is 1.36. The third-order valence-electron chi connectivity index (χ3n) is 7.10. The lowest BCUT2D eigenvalue weighted by atomic mass is 9.97. The second-order valence-electron chi connectivity index (χ2n) is 9.53. The molecule has 38 heavy (non-hydrogen) atoms. The summed E-state index contributed by atoms with van der Waals surface area (Å²) in [5.74, 6) is 0.0912. The quantitative estimate of drug-likeness (QED) is 0.328. The smallest absolute Gasteiger partial charge is 0.168 e. The van der Waals surface area contributed by atoms with Gasteiger partial charge in [-0.05, 0) is 59.5 Å². The van der Waals surface area contributed by atoms with E-state index in [9.17, 15) is 10.2 Å². The molecule has 0 bridgehead atoms. The molecule has 0 spiro atoms. The van der Waals surface area contributed by atoms with E-state index in [0.29, 0.717) is 29.9 Å². The van der Waals surface area contributed by atoms with Gasteiger partial charge in [0.05, 0.1) is 19.4 Å². The van der Waals surface area contributed by atoms with E-state index in [2.05, 4.69) is 14.9 Å². The highest BCUT2D eigenvalue weighted by atomic mass is 19.1. The zero-order valence-electron chi connectivity index (χ0n) is 20.9. The number of imidazole rings is 1. The van der Waals surface area contributed by atoms with E-state index in [0.717, 1.165) is 35.3 Å². The first-order valence-corrected chi connectivity index (χ1v) is 12.5. The molecule has 192 valence electrons. The van der Waals surface area contributed by atoms with Crippen molar-refractivity contribution in [2.24, 2.45) is 0 Å². The minimum absolute atomic E-state index is 0.143. The average molecular weight is 511 g/mol.